The molecular formula is C68H47N5. The second kappa shape index (κ2) is 18.8. The average molecular weight is 934 g/mol. The Balaban J connectivity index is 0.794. The zero-order valence-electron chi connectivity index (χ0n) is 39.9. The number of aromatic nitrogens is 4. The van der Waals surface area contributed by atoms with E-state index in [1.807, 2.05) is 12.1 Å². The van der Waals surface area contributed by atoms with Crippen molar-refractivity contribution in [2.24, 2.45) is 0 Å². The molecule has 2 heterocycles. The highest BCUT2D eigenvalue weighted by Crippen LogP contribution is 2.39. The van der Waals surface area contributed by atoms with Gasteiger partial charge in [0, 0.05) is 39.6 Å². The number of para-hydroxylation sites is 3. The van der Waals surface area contributed by atoms with Crippen LogP contribution < -0.4 is 4.90 Å². The SMILES string of the molecule is c1ccc(-c2nc3ccc(-c4cccc(-c5ccc(N(c6ccccc6)c6ccc(-c7cccc(-c8ccc9nc(-c%10ccccc%10)n(-c%10ccccc%10)c9c8)c7)cc6)cc5)c4)cc3n2-c2ccccc2)cc1. The summed E-state index contributed by atoms with van der Waals surface area (Å²) in [6.07, 6.45) is 0. The van der Waals surface area contributed by atoms with Crippen LogP contribution >= 0.6 is 0 Å². The van der Waals surface area contributed by atoms with Gasteiger partial charge in [0.1, 0.15) is 11.6 Å². The quantitative estimate of drug-likeness (QED) is 0.130. The molecule has 0 saturated heterocycles. The van der Waals surface area contributed by atoms with Crippen molar-refractivity contribution < 1.29 is 0 Å². The molecule has 13 aromatic rings. The number of fused-ring (bicyclic) bond motifs is 2. The van der Waals surface area contributed by atoms with Crippen LogP contribution in [0.1, 0.15) is 0 Å². The van der Waals surface area contributed by atoms with E-state index in [0.29, 0.717) is 0 Å². The third-order valence-electron chi connectivity index (χ3n) is 13.7. The minimum absolute atomic E-state index is 0.926. The highest BCUT2D eigenvalue weighted by molar-refractivity contribution is 5.90. The van der Waals surface area contributed by atoms with E-state index in [4.69, 9.17) is 9.97 Å². The van der Waals surface area contributed by atoms with Crippen LogP contribution in [0.15, 0.2) is 285 Å². The molecule has 0 spiro atoms. The summed E-state index contributed by atoms with van der Waals surface area (Å²) in [4.78, 5) is 12.6. The Bertz CT molecular complexity index is 3790. The van der Waals surface area contributed by atoms with Crippen molar-refractivity contribution in [1.82, 2.24) is 19.1 Å². The summed E-state index contributed by atoms with van der Waals surface area (Å²) < 4.78 is 4.54. The maximum absolute atomic E-state index is 5.14. The van der Waals surface area contributed by atoms with Crippen LogP contribution in [0.4, 0.5) is 17.1 Å². The molecule has 0 aliphatic rings. The Morgan fingerprint density at radius 1 is 0.233 bits per heavy atom. The van der Waals surface area contributed by atoms with Gasteiger partial charge in [0.25, 0.3) is 0 Å². The highest BCUT2D eigenvalue weighted by atomic mass is 15.1. The van der Waals surface area contributed by atoms with E-state index in [2.05, 4.69) is 287 Å². The molecule has 0 radical (unpaired) electrons. The lowest BCUT2D eigenvalue weighted by Gasteiger charge is -2.26. The molecule has 5 heteroatoms. The van der Waals surface area contributed by atoms with Crippen LogP contribution in [-0.4, -0.2) is 19.1 Å². The molecule has 0 N–H and O–H groups in total. The number of benzene rings is 11. The van der Waals surface area contributed by atoms with Gasteiger partial charge in [-0.05, 0) is 142 Å². The summed E-state index contributed by atoms with van der Waals surface area (Å²) in [5.74, 6) is 1.85. The largest absolute Gasteiger partial charge is 0.311 e. The Hall–Kier alpha value is -9.84. The van der Waals surface area contributed by atoms with Gasteiger partial charge in [-0.3, -0.25) is 9.13 Å². The predicted molar refractivity (Wildman–Crippen MR) is 303 cm³/mol. The zero-order valence-corrected chi connectivity index (χ0v) is 39.9. The number of hydrogen-bond acceptors (Lipinski definition) is 3. The zero-order chi connectivity index (χ0) is 48.5. The molecule has 344 valence electrons. The monoisotopic (exact) mass is 933 g/mol. The second-order valence-electron chi connectivity index (χ2n) is 18.3. The second-order valence-corrected chi connectivity index (χ2v) is 18.3. The van der Waals surface area contributed by atoms with Gasteiger partial charge in [0.05, 0.1) is 22.1 Å². The van der Waals surface area contributed by atoms with E-state index >= 15 is 0 Å². The number of imidazole rings is 2. The molecule has 13 rings (SSSR count). The lowest BCUT2D eigenvalue weighted by atomic mass is 9.98. The summed E-state index contributed by atoms with van der Waals surface area (Å²) in [6.45, 7) is 0. The van der Waals surface area contributed by atoms with Gasteiger partial charge in [0.2, 0.25) is 0 Å². The molecule has 0 saturated carbocycles. The number of nitrogens with zero attached hydrogens (tertiary/aromatic N) is 5. The van der Waals surface area contributed by atoms with Gasteiger partial charge in [-0.1, -0.05) is 188 Å². The van der Waals surface area contributed by atoms with E-state index in [1.54, 1.807) is 0 Å². The van der Waals surface area contributed by atoms with E-state index in [1.165, 1.54) is 0 Å². The minimum Gasteiger partial charge on any atom is -0.311 e. The van der Waals surface area contributed by atoms with Gasteiger partial charge in [0.15, 0.2) is 0 Å². The molecule has 73 heavy (non-hydrogen) atoms. The van der Waals surface area contributed by atoms with Crippen molar-refractivity contribution in [3.63, 3.8) is 0 Å². The lowest BCUT2D eigenvalue weighted by molar-refractivity contribution is 1.10. The van der Waals surface area contributed by atoms with Crippen molar-refractivity contribution in [2.75, 3.05) is 4.90 Å². The first-order chi connectivity index (χ1) is 36.2. The Morgan fingerprint density at radius 2 is 0.534 bits per heavy atom. The minimum atomic E-state index is 0.926. The fourth-order valence-corrected chi connectivity index (χ4v) is 10.1. The van der Waals surface area contributed by atoms with Crippen molar-refractivity contribution >= 4 is 39.1 Å². The first-order valence-electron chi connectivity index (χ1n) is 24.7. The van der Waals surface area contributed by atoms with Crippen LogP contribution in [0.3, 0.4) is 0 Å². The van der Waals surface area contributed by atoms with Gasteiger partial charge < -0.3 is 4.90 Å². The van der Waals surface area contributed by atoms with Crippen LogP contribution in [-0.2, 0) is 0 Å². The fourth-order valence-electron chi connectivity index (χ4n) is 10.1. The topological polar surface area (TPSA) is 38.9 Å². The number of rotatable bonds is 11. The smallest absolute Gasteiger partial charge is 0.145 e. The molecule has 0 fully saturated rings. The average Bonchev–Trinajstić information content (AvgIpc) is 4.06. The molecule has 0 bridgehead atoms. The Morgan fingerprint density at radius 3 is 0.932 bits per heavy atom. The van der Waals surface area contributed by atoms with E-state index < -0.39 is 0 Å². The normalized spacial score (nSPS) is 11.3. The van der Waals surface area contributed by atoms with Crippen molar-refractivity contribution in [3.8, 4) is 78.7 Å². The number of hydrogen-bond donors (Lipinski definition) is 0. The maximum atomic E-state index is 5.14. The predicted octanol–water partition coefficient (Wildman–Crippen LogP) is 17.8. The van der Waals surface area contributed by atoms with E-state index in [0.717, 1.165) is 118 Å². The summed E-state index contributed by atoms with van der Waals surface area (Å²) in [6, 6.07) is 101. The molecule has 2 aromatic heterocycles. The van der Waals surface area contributed by atoms with Gasteiger partial charge in [-0.2, -0.15) is 0 Å². The van der Waals surface area contributed by atoms with Crippen molar-refractivity contribution in [3.05, 3.63) is 285 Å². The summed E-state index contributed by atoms with van der Waals surface area (Å²) >= 11 is 0. The van der Waals surface area contributed by atoms with Crippen LogP contribution in [0.2, 0.25) is 0 Å². The van der Waals surface area contributed by atoms with Crippen LogP contribution in [0.5, 0.6) is 0 Å². The van der Waals surface area contributed by atoms with E-state index in [-0.39, 0.29) is 0 Å². The molecule has 0 atom stereocenters. The lowest BCUT2D eigenvalue weighted by Crippen LogP contribution is -2.09. The first kappa shape index (κ1) is 43.2. The summed E-state index contributed by atoms with van der Waals surface area (Å²) in [7, 11) is 0. The Labute approximate surface area is 424 Å². The molecule has 0 aliphatic heterocycles. The van der Waals surface area contributed by atoms with Crippen molar-refractivity contribution in [2.45, 2.75) is 0 Å². The standard InChI is InChI=1S/C68H47N5/c1-6-18-50(19-7-1)67-69-63-42-36-56(46-65(63)72(67)59-28-12-4-13-29-59)54-24-16-22-52(44-54)48-32-38-61(39-33-48)71(58-26-10-3-11-27-58)62-40-34-49(35-41-62)53-23-17-25-55(45-53)57-37-43-64-66(47-57)73(60-30-14-5-15-31-60)68(70-64)51-20-8-2-9-21-51/h1-47H. The van der Waals surface area contributed by atoms with Crippen LogP contribution in [0, 0.1) is 0 Å². The Kier molecular flexibility index (Phi) is 11.1. The highest BCUT2D eigenvalue weighted by Gasteiger charge is 2.19. The molecule has 0 amide bonds. The van der Waals surface area contributed by atoms with Gasteiger partial charge >= 0.3 is 0 Å². The van der Waals surface area contributed by atoms with Gasteiger partial charge in [-0.25, -0.2) is 9.97 Å². The van der Waals surface area contributed by atoms with Crippen molar-refractivity contribution in [1.29, 1.82) is 0 Å². The molecular weight excluding hydrogens is 887 g/mol. The first-order valence-corrected chi connectivity index (χ1v) is 24.7. The molecule has 0 unspecified atom stereocenters. The summed E-state index contributed by atoms with van der Waals surface area (Å²) in [5.41, 5.74) is 20.8. The van der Waals surface area contributed by atoms with Crippen LogP contribution in [0.25, 0.3) is 101 Å². The van der Waals surface area contributed by atoms with E-state index in [9.17, 15) is 0 Å². The number of anilines is 3. The molecule has 0 aliphatic carbocycles. The summed E-state index contributed by atoms with van der Waals surface area (Å²) in [5, 5.41) is 0. The molecule has 11 aromatic carbocycles. The maximum Gasteiger partial charge on any atom is 0.145 e. The van der Waals surface area contributed by atoms with Gasteiger partial charge in [-0.15, -0.1) is 0 Å². The third kappa shape index (κ3) is 8.35. The molecule has 5 nitrogen and oxygen atoms in total. The fraction of sp³-hybridized carbons (Fsp3) is 0. The third-order valence-corrected chi connectivity index (χ3v) is 13.7.